The second-order valence-electron chi connectivity index (χ2n) is 17.8. The maximum Gasteiger partial charge on any atom is 0.328 e. The SMILES string of the molecule is CO[C@H]1[C@H](C2(C)O[C@@H]2CC=C(C)C)[C@]2(CC[C@H]1NC(=O)C13CCC(C(=O)NCCCOC(=O)[C@H](C)NC(=O)COCC(=O)C(C)(C)C)(CC1)CC3)CO2. The van der Waals surface area contributed by atoms with Crippen LogP contribution in [0, 0.1) is 22.2 Å². The number of allylic oxidation sites excluding steroid dienone is 1. The lowest BCUT2D eigenvalue weighted by molar-refractivity contribution is -0.153. The lowest BCUT2D eigenvalue weighted by Crippen LogP contribution is -2.62. The molecule has 0 radical (unpaired) electrons. The largest absolute Gasteiger partial charge is 0.464 e. The third-order valence-electron chi connectivity index (χ3n) is 12.7. The number of hydrogen-bond donors (Lipinski definition) is 3. The lowest BCUT2D eigenvalue weighted by Gasteiger charge is -2.52. The zero-order valence-electron chi connectivity index (χ0n) is 33.2. The molecule has 1 spiro atoms. The Morgan fingerprint density at radius 2 is 1.57 bits per heavy atom. The van der Waals surface area contributed by atoms with Gasteiger partial charge in [-0.25, -0.2) is 4.79 Å². The molecule has 0 aromatic carbocycles. The van der Waals surface area contributed by atoms with E-state index in [2.05, 4.69) is 42.8 Å². The van der Waals surface area contributed by atoms with Crippen molar-refractivity contribution in [2.75, 3.05) is 40.1 Å². The molecule has 53 heavy (non-hydrogen) atoms. The minimum absolute atomic E-state index is 0.00671. The molecule has 0 aromatic heterocycles. The number of methoxy groups -OCH3 is 1. The van der Waals surface area contributed by atoms with Crippen LogP contribution in [0.5, 0.6) is 0 Å². The van der Waals surface area contributed by atoms with E-state index in [1.807, 2.05) is 0 Å². The predicted octanol–water partition coefficient (Wildman–Crippen LogP) is 3.71. The molecule has 6 fully saturated rings. The summed E-state index contributed by atoms with van der Waals surface area (Å²) >= 11 is 0. The fourth-order valence-corrected chi connectivity index (χ4v) is 8.88. The molecule has 4 aliphatic carbocycles. The maximum absolute atomic E-state index is 14.1. The Bertz CT molecular complexity index is 1410. The number of fused-ring (bicyclic) bond motifs is 3. The van der Waals surface area contributed by atoms with Crippen LogP contribution in [0.25, 0.3) is 0 Å². The van der Waals surface area contributed by atoms with Crippen molar-refractivity contribution in [1.29, 1.82) is 0 Å². The van der Waals surface area contributed by atoms with Gasteiger partial charge in [0.2, 0.25) is 17.7 Å². The van der Waals surface area contributed by atoms with E-state index in [1.165, 1.54) is 12.5 Å². The molecule has 1 unspecified atom stereocenters. The van der Waals surface area contributed by atoms with E-state index in [0.29, 0.717) is 58.1 Å². The van der Waals surface area contributed by atoms with Gasteiger partial charge in [0.05, 0.1) is 37.1 Å². The van der Waals surface area contributed by atoms with Crippen LogP contribution in [0.1, 0.15) is 113 Å². The third-order valence-corrected chi connectivity index (χ3v) is 12.7. The van der Waals surface area contributed by atoms with E-state index >= 15 is 0 Å². The first kappa shape index (κ1) is 41.3. The molecule has 2 aliphatic heterocycles. The molecule has 6 aliphatic rings. The average Bonchev–Trinajstić information content (AvgIpc) is 4.04. The highest BCUT2D eigenvalue weighted by Gasteiger charge is 2.72. The van der Waals surface area contributed by atoms with E-state index in [9.17, 15) is 24.0 Å². The van der Waals surface area contributed by atoms with Gasteiger partial charge in [0.15, 0.2) is 5.78 Å². The van der Waals surface area contributed by atoms with E-state index in [0.717, 1.165) is 19.3 Å². The number of esters is 1. The van der Waals surface area contributed by atoms with Gasteiger partial charge >= 0.3 is 5.97 Å². The predicted molar refractivity (Wildman–Crippen MR) is 196 cm³/mol. The molecule has 2 bridgehead atoms. The highest BCUT2D eigenvalue weighted by molar-refractivity contribution is 5.88. The lowest BCUT2D eigenvalue weighted by atomic mass is 9.53. The minimum Gasteiger partial charge on any atom is -0.464 e. The van der Waals surface area contributed by atoms with E-state index in [4.69, 9.17) is 23.7 Å². The monoisotopic (exact) mass is 745 g/mol. The summed E-state index contributed by atoms with van der Waals surface area (Å²) in [6.07, 6.45) is 8.99. The van der Waals surface area contributed by atoms with Crippen LogP contribution in [0.3, 0.4) is 0 Å². The van der Waals surface area contributed by atoms with Crippen LogP contribution in [-0.2, 0) is 47.7 Å². The number of rotatable bonds is 17. The molecule has 0 aromatic rings. The normalized spacial score (nSPS) is 34.8. The molecule has 3 amide bonds. The van der Waals surface area contributed by atoms with Crippen LogP contribution in [0.2, 0.25) is 0 Å². The second kappa shape index (κ2) is 16.1. The average molecular weight is 746 g/mol. The minimum atomic E-state index is -0.885. The topological polar surface area (TPSA) is 174 Å². The summed E-state index contributed by atoms with van der Waals surface area (Å²) in [6, 6.07) is -1.02. The van der Waals surface area contributed by atoms with E-state index in [1.54, 1.807) is 27.9 Å². The van der Waals surface area contributed by atoms with Gasteiger partial charge in [-0.15, -0.1) is 0 Å². The highest BCUT2D eigenvalue weighted by Crippen LogP contribution is 2.60. The van der Waals surface area contributed by atoms with Crippen LogP contribution < -0.4 is 16.0 Å². The fraction of sp³-hybridized carbons (Fsp3) is 0.825. The number of ether oxygens (including phenoxy) is 5. The van der Waals surface area contributed by atoms with Crippen molar-refractivity contribution in [3.05, 3.63) is 11.6 Å². The van der Waals surface area contributed by atoms with Crippen LogP contribution >= 0.6 is 0 Å². The molecule has 13 heteroatoms. The number of amides is 3. The van der Waals surface area contributed by atoms with Crippen molar-refractivity contribution in [2.45, 2.75) is 148 Å². The Balaban J connectivity index is 1.02. The van der Waals surface area contributed by atoms with Gasteiger partial charge in [-0.1, -0.05) is 32.4 Å². The Labute approximate surface area is 314 Å². The van der Waals surface area contributed by atoms with E-state index < -0.39 is 34.2 Å². The van der Waals surface area contributed by atoms with Crippen molar-refractivity contribution in [3.63, 3.8) is 0 Å². The molecule has 2 heterocycles. The smallest absolute Gasteiger partial charge is 0.328 e. The number of carbonyl (C=O) groups excluding carboxylic acids is 5. The number of ketones is 1. The Morgan fingerprint density at radius 3 is 2.13 bits per heavy atom. The van der Waals surface area contributed by atoms with Gasteiger partial charge in [-0.2, -0.15) is 0 Å². The molecule has 4 saturated carbocycles. The summed E-state index contributed by atoms with van der Waals surface area (Å²) in [7, 11) is 1.73. The van der Waals surface area contributed by atoms with Crippen molar-refractivity contribution in [1.82, 2.24) is 16.0 Å². The quantitative estimate of drug-likeness (QED) is 0.0863. The molecule has 3 N–H and O–H groups in total. The number of carbonyl (C=O) groups is 5. The second-order valence-corrected chi connectivity index (χ2v) is 17.8. The third kappa shape index (κ3) is 9.16. The van der Waals surface area contributed by atoms with Gasteiger partial charge in [0.25, 0.3) is 0 Å². The van der Waals surface area contributed by atoms with Crippen LogP contribution in [0.15, 0.2) is 11.6 Å². The highest BCUT2D eigenvalue weighted by atomic mass is 16.6. The molecular formula is C40H63N3O10. The first-order valence-corrected chi connectivity index (χ1v) is 19.5. The fourth-order valence-electron chi connectivity index (χ4n) is 8.88. The summed E-state index contributed by atoms with van der Waals surface area (Å²) in [5.74, 6) is -1.15. The molecule has 13 nitrogen and oxygen atoms in total. The summed E-state index contributed by atoms with van der Waals surface area (Å²) in [6.45, 7) is 13.8. The van der Waals surface area contributed by atoms with Gasteiger partial charge < -0.3 is 39.6 Å². The van der Waals surface area contributed by atoms with Crippen molar-refractivity contribution in [3.8, 4) is 0 Å². The van der Waals surface area contributed by atoms with Crippen LogP contribution in [-0.4, -0.2) is 105 Å². The molecule has 2 saturated heterocycles. The van der Waals surface area contributed by atoms with Crippen molar-refractivity contribution < 1.29 is 47.7 Å². The van der Waals surface area contributed by atoms with Crippen molar-refractivity contribution in [2.24, 2.45) is 22.2 Å². The van der Waals surface area contributed by atoms with Gasteiger partial charge in [-0.05, 0) is 91.9 Å². The van der Waals surface area contributed by atoms with Gasteiger partial charge in [0, 0.05) is 35.8 Å². The standard InChI is InChI=1S/C40H63N3O10/c1-25(2)10-11-29-37(7,53-29)32-31(49-8)27(12-13-40(32)24-52-40)43-35(48)39-17-14-38(15-18-39,16-19-39)34(47)41-20-9-21-51-33(46)26(3)42-30(45)23-50-22-28(44)36(4,5)6/h10,26-27,29,31-32H,9,11-24H2,1-8H3,(H,41,47)(H,42,45)(H,43,48)/t26-,27+,29+,31+,32+,37?,38?,39?,40-/m0/s1. The summed E-state index contributed by atoms with van der Waals surface area (Å²) in [5, 5.41) is 8.98. The number of hydrogen-bond acceptors (Lipinski definition) is 10. The maximum atomic E-state index is 14.1. The summed E-state index contributed by atoms with van der Waals surface area (Å²) in [4.78, 5) is 63.9. The first-order chi connectivity index (χ1) is 24.9. The zero-order chi connectivity index (χ0) is 38.8. The molecule has 298 valence electrons. The van der Waals surface area contributed by atoms with Gasteiger partial charge in [0.1, 0.15) is 24.9 Å². The number of Topliss-reactive ketones (excluding diaryl/α,β-unsaturated/α-hetero) is 1. The molecular weight excluding hydrogens is 682 g/mol. The number of nitrogens with one attached hydrogen (secondary N) is 3. The Morgan fingerprint density at radius 1 is 0.943 bits per heavy atom. The Hall–Kier alpha value is -2.87. The Kier molecular flexibility index (Phi) is 12.5. The molecule has 7 atom stereocenters. The first-order valence-electron chi connectivity index (χ1n) is 19.5. The van der Waals surface area contributed by atoms with Crippen LogP contribution in [0.4, 0.5) is 0 Å². The van der Waals surface area contributed by atoms with Gasteiger partial charge in [-0.3, -0.25) is 19.2 Å². The van der Waals surface area contributed by atoms with E-state index in [-0.39, 0.29) is 72.8 Å². The van der Waals surface area contributed by atoms with Crippen molar-refractivity contribution >= 4 is 29.5 Å². The molecule has 6 rings (SSSR count). The zero-order valence-corrected chi connectivity index (χ0v) is 33.2. The number of epoxide rings is 2. The summed E-state index contributed by atoms with van der Waals surface area (Å²) < 4.78 is 29.1. The summed E-state index contributed by atoms with van der Waals surface area (Å²) in [5.41, 5.74) is -0.881.